The van der Waals surface area contributed by atoms with Crippen LogP contribution in [0.1, 0.15) is 43.0 Å². The van der Waals surface area contributed by atoms with Crippen molar-refractivity contribution >= 4 is 29.4 Å². The number of urea groups is 1. The number of amides is 3. The van der Waals surface area contributed by atoms with Crippen molar-refractivity contribution in [1.82, 2.24) is 14.7 Å². The number of amidine groups is 2. The van der Waals surface area contributed by atoms with Crippen LogP contribution >= 0.6 is 0 Å². The summed E-state index contributed by atoms with van der Waals surface area (Å²) in [6.45, 7) is 3.78. The fourth-order valence-electron chi connectivity index (χ4n) is 4.74. The van der Waals surface area contributed by atoms with E-state index in [2.05, 4.69) is 11.8 Å². The van der Waals surface area contributed by atoms with Gasteiger partial charge in [0.1, 0.15) is 13.1 Å². The van der Waals surface area contributed by atoms with Crippen LogP contribution in [0.15, 0.2) is 35.3 Å². The number of piperidine rings is 1. The molecule has 1 aromatic rings. The largest absolute Gasteiger partial charge is 0.333 e. The summed E-state index contributed by atoms with van der Waals surface area (Å²) in [6.07, 6.45) is 4.55. The number of carbonyl (C=O) groups is 3. The fourth-order valence-corrected chi connectivity index (χ4v) is 4.74. The molecule has 2 fully saturated rings. The molecule has 0 aromatic heterocycles. The minimum atomic E-state index is -0.750. The van der Waals surface area contributed by atoms with E-state index in [1.165, 1.54) is 18.4 Å². The van der Waals surface area contributed by atoms with E-state index in [4.69, 9.17) is 4.99 Å². The van der Waals surface area contributed by atoms with Crippen molar-refractivity contribution in [3.63, 3.8) is 0 Å². The van der Waals surface area contributed by atoms with Gasteiger partial charge in [0, 0.05) is 25.7 Å². The molecule has 164 valence electrons. The predicted octanol–water partition coefficient (Wildman–Crippen LogP) is 1.85. The van der Waals surface area contributed by atoms with Crippen LogP contribution in [0.5, 0.6) is 0 Å². The van der Waals surface area contributed by atoms with E-state index in [0.717, 1.165) is 30.7 Å². The lowest BCUT2D eigenvalue weighted by Crippen LogP contribution is -2.62. The Morgan fingerprint density at radius 3 is 2.58 bits per heavy atom. The van der Waals surface area contributed by atoms with Gasteiger partial charge in [-0.15, -0.1) is 0 Å². The molecule has 3 heterocycles. The van der Waals surface area contributed by atoms with Gasteiger partial charge in [0.25, 0.3) is 17.8 Å². The first kappa shape index (κ1) is 21.4. The molecule has 0 saturated carbocycles. The second-order valence-corrected chi connectivity index (χ2v) is 8.47. The van der Waals surface area contributed by atoms with E-state index in [1.807, 2.05) is 18.2 Å². The predicted molar refractivity (Wildman–Crippen MR) is 118 cm³/mol. The van der Waals surface area contributed by atoms with Crippen molar-refractivity contribution in [2.24, 2.45) is 4.99 Å². The van der Waals surface area contributed by atoms with Gasteiger partial charge in [-0.2, -0.15) is 0 Å². The number of imide groups is 1. The zero-order chi connectivity index (χ0) is 22.1. The molecule has 3 aliphatic heterocycles. The fraction of sp³-hybridized carbons (Fsp3) is 0.522. The lowest BCUT2D eigenvalue weighted by Gasteiger charge is -2.34. The summed E-state index contributed by atoms with van der Waals surface area (Å²) in [5.41, 5.74) is 0.598. The van der Waals surface area contributed by atoms with E-state index in [1.54, 1.807) is 23.8 Å². The highest BCUT2D eigenvalue weighted by Crippen LogP contribution is 2.23. The Hall–Kier alpha value is -2.87. The van der Waals surface area contributed by atoms with Crippen LogP contribution in [0.3, 0.4) is 0 Å². The Kier molecular flexibility index (Phi) is 6.00. The summed E-state index contributed by atoms with van der Waals surface area (Å²) >= 11 is 0. The van der Waals surface area contributed by atoms with Crippen molar-refractivity contribution in [1.29, 1.82) is 0 Å². The van der Waals surface area contributed by atoms with E-state index in [-0.39, 0.29) is 18.2 Å². The Labute approximate surface area is 182 Å². The number of benzene rings is 1. The third-order valence-corrected chi connectivity index (χ3v) is 6.59. The maximum atomic E-state index is 13.1. The van der Waals surface area contributed by atoms with Crippen LogP contribution in [0.4, 0.5) is 4.79 Å². The van der Waals surface area contributed by atoms with Crippen molar-refractivity contribution in [2.75, 3.05) is 33.7 Å². The molecule has 8 heteroatoms. The molecule has 0 bridgehead atoms. The third kappa shape index (κ3) is 3.92. The van der Waals surface area contributed by atoms with Crippen molar-refractivity contribution in [3.05, 3.63) is 35.9 Å². The Balaban J connectivity index is 1.69. The smallest absolute Gasteiger partial charge is 0.290 e. The second kappa shape index (κ2) is 8.70. The summed E-state index contributed by atoms with van der Waals surface area (Å²) in [6, 6.07) is 8.40. The number of hydrogen-bond donors (Lipinski definition) is 0. The number of Topliss-reactive ketones (excluding diaryl/α,β-unsaturated/α-hetero) is 1. The minimum absolute atomic E-state index is 0.0449. The van der Waals surface area contributed by atoms with Crippen LogP contribution in [-0.2, 0) is 4.79 Å². The average molecular weight is 425 g/mol. The van der Waals surface area contributed by atoms with Crippen molar-refractivity contribution < 1.29 is 19.0 Å². The molecule has 4 rings (SSSR count). The molecule has 0 aliphatic carbocycles. The normalized spacial score (nSPS) is 24.5. The molecule has 0 radical (unpaired) electrons. The number of carbonyl (C=O) groups excluding carboxylic acids is 3. The Morgan fingerprint density at radius 1 is 1.13 bits per heavy atom. The zero-order valence-electron chi connectivity index (χ0n) is 18.5. The molecule has 31 heavy (non-hydrogen) atoms. The molecule has 2 saturated heterocycles. The van der Waals surface area contributed by atoms with Crippen molar-refractivity contribution in [3.8, 4) is 0 Å². The Bertz CT molecular complexity index is 955. The van der Waals surface area contributed by atoms with Crippen LogP contribution < -0.4 is 0 Å². The van der Waals surface area contributed by atoms with Crippen LogP contribution in [0.25, 0.3) is 0 Å². The molecular weight excluding hydrogens is 394 g/mol. The number of ketones is 1. The van der Waals surface area contributed by atoms with Crippen LogP contribution in [-0.4, -0.2) is 94.5 Å². The number of hydrogen-bond acceptors (Lipinski definition) is 5. The minimum Gasteiger partial charge on any atom is -0.290 e. The molecule has 0 N–H and O–H groups in total. The van der Waals surface area contributed by atoms with Gasteiger partial charge < -0.3 is 0 Å². The molecule has 2 atom stereocenters. The van der Waals surface area contributed by atoms with Gasteiger partial charge in [0.05, 0.1) is 0 Å². The second-order valence-electron chi connectivity index (χ2n) is 8.47. The molecular formula is C23H30N5O3+. The lowest BCUT2D eigenvalue weighted by molar-refractivity contribution is -0.523. The highest BCUT2D eigenvalue weighted by molar-refractivity contribution is 6.23. The van der Waals surface area contributed by atoms with Gasteiger partial charge in [0.15, 0.2) is 0 Å². The number of likely N-dealkylation sites (N-methyl/N-ethyl adjacent to an activating group) is 2. The first-order valence-corrected chi connectivity index (χ1v) is 11.0. The van der Waals surface area contributed by atoms with Gasteiger partial charge in [0.2, 0.25) is 5.78 Å². The first-order chi connectivity index (χ1) is 14.9. The maximum absolute atomic E-state index is 13.1. The van der Waals surface area contributed by atoms with Gasteiger partial charge in [-0.1, -0.05) is 43.7 Å². The van der Waals surface area contributed by atoms with Gasteiger partial charge in [-0.05, 0) is 30.8 Å². The number of nitrogens with zero attached hydrogens (tertiary/aromatic N) is 5. The molecule has 3 aliphatic rings. The monoisotopic (exact) mass is 424 g/mol. The summed E-state index contributed by atoms with van der Waals surface area (Å²) in [4.78, 5) is 48.3. The van der Waals surface area contributed by atoms with Crippen molar-refractivity contribution in [2.45, 2.75) is 44.7 Å². The average Bonchev–Trinajstić information content (AvgIpc) is 3.15. The lowest BCUT2D eigenvalue weighted by atomic mass is 10.00. The summed E-state index contributed by atoms with van der Waals surface area (Å²) in [5.74, 6) is 0.681. The molecule has 3 amide bonds. The standard InChI is InChI=1S/C23H30N5O3/c1-4-17-12-8-9-13-27(17)15-19-24-21-20(22(30)26(3)23(31)25(21)2)28(19)14-18(29)16-10-6-5-7-11-16/h5-7,10-11,17,20H,4,8-9,12-15H2,1-3H3/q+1. The first-order valence-electron chi connectivity index (χ1n) is 11.0. The summed E-state index contributed by atoms with van der Waals surface area (Å²) in [5, 5.41) is 0. The zero-order valence-corrected chi connectivity index (χ0v) is 18.5. The highest BCUT2D eigenvalue weighted by Gasteiger charge is 2.53. The topological polar surface area (TPSA) is 76.3 Å². The van der Waals surface area contributed by atoms with E-state index in [9.17, 15) is 14.4 Å². The maximum Gasteiger partial charge on any atom is 0.333 e. The van der Waals surface area contributed by atoms with Gasteiger partial charge >= 0.3 is 11.9 Å². The van der Waals surface area contributed by atoms with E-state index in [0.29, 0.717) is 29.8 Å². The van der Waals surface area contributed by atoms with E-state index < -0.39 is 12.1 Å². The Morgan fingerprint density at radius 2 is 1.87 bits per heavy atom. The third-order valence-electron chi connectivity index (χ3n) is 6.59. The van der Waals surface area contributed by atoms with Crippen LogP contribution in [0.2, 0.25) is 0 Å². The molecule has 0 spiro atoms. The quantitative estimate of drug-likeness (QED) is 0.516. The van der Waals surface area contributed by atoms with Gasteiger partial charge in [-0.25, -0.2) is 9.37 Å². The molecule has 1 aromatic carbocycles. The SMILES string of the molecule is CCC1CCCCN1CC1=[N+](CC(=O)c2ccccc2)C2C(=O)N(C)C(=O)N(C)C2=N1. The summed E-state index contributed by atoms with van der Waals surface area (Å²) in [7, 11) is 3.11. The number of aliphatic imine (C=N–C) groups is 1. The molecule has 8 nitrogen and oxygen atoms in total. The number of rotatable bonds is 6. The number of fused-ring (bicyclic) bond motifs is 1. The van der Waals surface area contributed by atoms with Gasteiger partial charge in [-0.3, -0.25) is 24.3 Å². The van der Waals surface area contributed by atoms with Crippen LogP contribution in [0, 0.1) is 0 Å². The number of likely N-dealkylation sites (tertiary alicyclic amines) is 1. The van der Waals surface area contributed by atoms with E-state index >= 15 is 0 Å². The highest BCUT2D eigenvalue weighted by atomic mass is 16.2. The summed E-state index contributed by atoms with van der Waals surface area (Å²) < 4.78 is 1.80. The molecule has 2 unspecified atom stereocenters.